The zero-order valence-electron chi connectivity index (χ0n) is 30.1. The molecular weight excluding hydrogens is 703 g/mol. The van der Waals surface area contributed by atoms with E-state index in [1.165, 1.54) is 36.9 Å². The van der Waals surface area contributed by atoms with Crippen molar-refractivity contribution < 1.29 is 4.42 Å². The highest BCUT2D eigenvalue weighted by atomic mass is 32.1. The monoisotopic (exact) mass is 733 g/mol. The van der Waals surface area contributed by atoms with E-state index >= 15 is 0 Å². The zero-order valence-corrected chi connectivity index (χ0v) is 30.9. The van der Waals surface area contributed by atoms with Gasteiger partial charge < -0.3 is 4.42 Å². The normalized spacial score (nSPS) is 11.6. The van der Waals surface area contributed by atoms with Crippen LogP contribution in [0.3, 0.4) is 0 Å². The molecule has 0 fully saturated rings. The van der Waals surface area contributed by atoms with Crippen LogP contribution in [-0.2, 0) is 0 Å². The zero-order chi connectivity index (χ0) is 37.0. The molecule has 0 spiro atoms. The summed E-state index contributed by atoms with van der Waals surface area (Å²) < 4.78 is 9.34. The molecule has 0 bridgehead atoms. The van der Waals surface area contributed by atoms with E-state index < -0.39 is 0 Å². The van der Waals surface area contributed by atoms with Crippen molar-refractivity contribution in [3.8, 4) is 67.5 Å². The standard InChI is InChI=1S/C51H31N3OS/c1-4-14-32(15-5-1)33-28-30-36(31-29-33)50-52-49(35-18-8-3-9-19-35)53-51(54-50)42-25-12-26-43-45(42)40-23-10-21-38(47(40)55-43)39-22-11-24-41-46-37(34-16-6-2-7-17-34)20-13-27-44(46)56-48(39)41/h1-31H. The average molecular weight is 734 g/mol. The quantitative estimate of drug-likeness (QED) is 0.171. The third-order valence-electron chi connectivity index (χ3n) is 10.6. The topological polar surface area (TPSA) is 51.8 Å². The van der Waals surface area contributed by atoms with Gasteiger partial charge in [0.1, 0.15) is 11.2 Å². The minimum absolute atomic E-state index is 0.597. The first-order valence-corrected chi connectivity index (χ1v) is 19.5. The molecule has 8 aromatic carbocycles. The highest BCUT2D eigenvalue weighted by Crippen LogP contribution is 2.46. The number of para-hydroxylation sites is 1. The summed E-state index contributed by atoms with van der Waals surface area (Å²) in [5.41, 5.74) is 11.4. The molecule has 56 heavy (non-hydrogen) atoms. The predicted molar refractivity (Wildman–Crippen MR) is 233 cm³/mol. The molecule has 3 aromatic heterocycles. The van der Waals surface area contributed by atoms with E-state index in [1.807, 2.05) is 59.9 Å². The van der Waals surface area contributed by atoms with E-state index in [2.05, 4.69) is 140 Å². The van der Waals surface area contributed by atoms with Crippen LogP contribution in [0.15, 0.2) is 192 Å². The maximum atomic E-state index is 6.83. The van der Waals surface area contributed by atoms with Gasteiger partial charge >= 0.3 is 0 Å². The third kappa shape index (κ3) is 5.40. The van der Waals surface area contributed by atoms with Crippen LogP contribution in [0.4, 0.5) is 0 Å². The second kappa shape index (κ2) is 13.3. The molecule has 0 N–H and O–H groups in total. The molecule has 0 aliphatic heterocycles. The number of thiophene rings is 1. The fourth-order valence-electron chi connectivity index (χ4n) is 7.95. The molecule has 3 heterocycles. The lowest BCUT2D eigenvalue weighted by Crippen LogP contribution is -2.00. The lowest BCUT2D eigenvalue weighted by molar-refractivity contribution is 0.670. The van der Waals surface area contributed by atoms with E-state index in [-0.39, 0.29) is 0 Å². The van der Waals surface area contributed by atoms with Crippen molar-refractivity contribution in [3.63, 3.8) is 0 Å². The molecule has 11 rings (SSSR count). The van der Waals surface area contributed by atoms with Crippen molar-refractivity contribution in [2.45, 2.75) is 0 Å². The Kier molecular flexibility index (Phi) is 7.64. The summed E-state index contributed by atoms with van der Waals surface area (Å²) in [5.74, 6) is 1.83. The van der Waals surface area contributed by atoms with E-state index in [9.17, 15) is 0 Å². The van der Waals surface area contributed by atoms with Crippen molar-refractivity contribution >= 4 is 53.4 Å². The molecule has 0 amide bonds. The summed E-state index contributed by atoms with van der Waals surface area (Å²) in [6.07, 6.45) is 0. The summed E-state index contributed by atoms with van der Waals surface area (Å²) in [4.78, 5) is 15.3. The summed E-state index contributed by atoms with van der Waals surface area (Å²) >= 11 is 1.84. The minimum atomic E-state index is 0.597. The van der Waals surface area contributed by atoms with Gasteiger partial charge in [0.25, 0.3) is 0 Å². The fraction of sp³-hybridized carbons (Fsp3) is 0. The molecule has 4 nitrogen and oxygen atoms in total. The number of aromatic nitrogens is 3. The number of nitrogens with zero attached hydrogens (tertiary/aromatic N) is 3. The summed E-state index contributed by atoms with van der Waals surface area (Å²) in [6, 6.07) is 65.5. The third-order valence-corrected chi connectivity index (χ3v) is 11.8. The maximum absolute atomic E-state index is 6.83. The molecule has 262 valence electrons. The van der Waals surface area contributed by atoms with Crippen molar-refractivity contribution in [1.29, 1.82) is 0 Å². The van der Waals surface area contributed by atoms with Crippen LogP contribution in [0, 0.1) is 0 Å². The Morgan fingerprint density at radius 2 is 0.857 bits per heavy atom. The summed E-state index contributed by atoms with van der Waals surface area (Å²) in [7, 11) is 0. The van der Waals surface area contributed by atoms with Gasteiger partial charge in [0.2, 0.25) is 0 Å². The first-order valence-electron chi connectivity index (χ1n) is 18.7. The molecule has 0 atom stereocenters. The number of rotatable bonds is 6. The Balaban J connectivity index is 1.09. The Hall–Kier alpha value is -7.21. The van der Waals surface area contributed by atoms with Crippen LogP contribution in [0.5, 0.6) is 0 Å². The van der Waals surface area contributed by atoms with Gasteiger partial charge in [-0.05, 0) is 34.4 Å². The lowest BCUT2D eigenvalue weighted by atomic mass is 9.96. The highest BCUT2D eigenvalue weighted by Gasteiger charge is 2.21. The van der Waals surface area contributed by atoms with Crippen LogP contribution in [0.2, 0.25) is 0 Å². The van der Waals surface area contributed by atoms with Gasteiger partial charge in [0.05, 0.1) is 0 Å². The van der Waals surface area contributed by atoms with Crippen molar-refractivity contribution in [2.75, 3.05) is 0 Å². The molecule has 0 aliphatic carbocycles. The highest BCUT2D eigenvalue weighted by molar-refractivity contribution is 7.26. The number of benzene rings is 8. The van der Waals surface area contributed by atoms with E-state index in [1.54, 1.807) is 0 Å². The Labute approximate surface area is 327 Å². The maximum Gasteiger partial charge on any atom is 0.164 e. The summed E-state index contributed by atoms with van der Waals surface area (Å²) in [5, 5.41) is 4.54. The van der Waals surface area contributed by atoms with E-state index in [0.717, 1.165) is 55.3 Å². The van der Waals surface area contributed by atoms with Gasteiger partial charge in [-0.2, -0.15) is 0 Å². The summed E-state index contributed by atoms with van der Waals surface area (Å²) in [6.45, 7) is 0. The van der Waals surface area contributed by atoms with Crippen LogP contribution in [0.1, 0.15) is 0 Å². The van der Waals surface area contributed by atoms with Crippen molar-refractivity contribution in [1.82, 2.24) is 15.0 Å². The molecule has 0 saturated heterocycles. The van der Waals surface area contributed by atoms with Crippen molar-refractivity contribution in [2.24, 2.45) is 0 Å². The number of hydrogen-bond acceptors (Lipinski definition) is 5. The first kappa shape index (κ1) is 32.2. The van der Waals surface area contributed by atoms with Crippen molar-refractivity contribution in [3.05, 3.63) is 188 Å². The van der Waals surface area contributed by atoms with Crippen LogP contribution in [-0.4, -0.2) is 15.0 Å². The average Bonchev–Trinajstić information content (AvgIpc) is 3.86. The van der Waals surface area contributed by atoms with Gasteiger partial charge in [-0.1, -0.05) is 176 Å². The van der Waals surface area contributed by atoms with Gasteiger partial charge in [-0.3, -0.25) is 0 Å². The Bertz CT molecular complexity index is 3230. The Morgan fingerprint density at radius 3 is 1.59 bits per heavy atom. The van der Waals surface area contributed by atoms with Gasteiger partial charge in [0, 0.05) is 58.8 Å². The molecule has 0 saturated carbocycles. The molecule has 0 aliphatic rings. The van der Waals surface area contributed by atoms with Crippen LogP contribution >= 0.6 is 11.3 Å². The van der Waals surface area contributed by atoms with Crippen LogP contribution < -0.4 is 0 Å². The van der Waals surface area contributed by atoms with Gasteiger partial charge in [0.15, 0.2) is 17.5 Å². The van der Waals surface area contributed by atoms with Gasteiger partial charge in [-0.25, -0.2) is 15.0 Å². The number of hydrogen-bond donors (Lipinski definition) is 0. The van der Waals surface area contributed by atoms with E-state index in [4.69, 9.17) is 19.4 Å². The fourth-order valence-corrected chi connectivity index (χ4v) is 9.21. The molecule has 0 radical (unpaired) electrons. The molecular formula is C51H31N3OS. The van der Waals surface area contributed by atoms with Gasteiger partial charge in [-0.15, -0.1) is 11.3 Å². The smallest absolute Gasteiger partial charge is 0.164 e. The SMILES string of the molecule is c1ccc(-c2ccc(-c3nc(-c4ccccc4)nc(-c4cccc5oc6c(-c7cccc8c7sc7cccc(-c9ccccc9)c78)cccc6c45)n3)cc2)cc1. The largest absolute Gasteiger partial charge is 0.455 e. The minimum Gasteiger partial charge on any atom is -0.455 e. The first-order chi connectivity index (χ1) is 27.8. The predicted octanol–water partition coefficient (Wildman–Crippen LogP) is 14.1. The van der Waals surface area contributed by atoms with E-state index in [0.29, 0.717) is 17.5 Å². The lowest BCUT2D eigenvalue weighted by Gasteiger charge is -2.10. The number of furan rings is 1. The molecule has 11 aromatic rings. The number of fused-ring (bicyclic) bond motifs is 6. The Morgan fingerprint density at radius 1 is 0.339 bits per heavy atom. The second-order valence-corrected chi connectivity index (χ2v) is 15.0. The second-order valence-electron chi connectivity index (χ2n) is 13.9. The molecule has 5 heteroatoms. The molecule has 0 unspecified atom stereocenters. The van der Waals surface area contributed by atoms with Crippen LogP contribution in [0.25, 0.3) is 110 Å².